The highest BCUT2D eigenvalue weighted by Crippen LogP contribution is 2.38. The second-order valence-electron chi connectivity index (χ2n) is 5.94. The fourth-order valence-corrected chi connectivity index (χ4v) is 5.21. The molecule has 3 nitrogen and oxygen atoms in total. The Kier molecular flexibility index (Phi) is 5.77. The fraction of sp³-hybridized carbons (Fsp3) is 0.0909. The summed E-state index contributed by atoms with van der Waals surface area (Å²) in [4.78, 5) is 7.02. The lowest BCUT2D eigenvalue weighted by Gasteiger charge is -2.11. The van der Waals surface area contributed by atoms with Crippen LogP contribution in [-0.2, 0) is 5.75 Å². The fourth-order valence-electron chi connectivity index (χ4n) is 2.82. The average Bonchev–Trinajstić information content (AvgIpc) is 3.46. The number of pyridine rings is 1. The van der Waals surface area contributed by atoms with Crippen LogP contribution in [0.3, 0.4) is 0 Å². The van der Waals surface area contributed by atoms with Crippen LogP contribution in [0, 0.1) is 11.3 Å². The van der Waals surface area contributed by atoms with Gasteiger partial charge in [0.25, 0.3) is 0 Å². The summed E-state index contributed by atoms with van der Waals surface area (Å²) in [6.07, 6.45) is 0. The van der Waals surface area contributed by atoms with Gasteiger partial charge in [-0.25, -0.2) is 4.98 Å². The van der Waals surface area contributed by atoms with Crippen LogP contribution >= 0.6 is 34.4 Å². The van der Waals surface area contributed by atoms with Crippen LogP contribution in [0.15, 0.2) is 70.4 Å². The van der Waals surface area contributed by atoms with Crippen LogP contribution in [0.4, 0.5) is 0 Å². The first-order valence-electron chi connectivity index (χ1n) is 8.57. The zero-order valence-corrected chi connectivity index (χ0v) is 17.5. The van der Waals surface area contributed by atoms with E-state index in [4.69, 9.17) is 9.72 Å². The van der Waals surface area contributed by atoms with Gasteiger partial charge in [-0.1, -0.05) is 24.3 Å². The molecule has 0 aliphatic heterocycles. The quantitative estimate of drug-likeness (QED) is 0.325. The molecule has 3 aromatic heterocycles. The van der Waals surface area contributed by atoms with Gasteiger partial charge in [-0.15, -0.1) is 34.4 Å². The first-order chi connectivity index (χ1) is 13.8. The van der Waals surface area contributed by atoms with Crippen molar-refractivity contribution in [2.75, 3.05) is 7.11 Å². The molecular weight excluding hydrogens is 404 g/mol. The van der Waals surface area contributed by atoms with Crippen molar-refractivity contribution >= 4 is 34.4 Å². The summed E-state index contributed by atoms with van der Waals surface area (Å²) in [5, 5.41) is 14.7. The van der Waals surface area contributed by atoms with E-state index in [-0.39, 0.29) is 0 Å². The number of hydrogen-bond donors (Lipinski definition) is 0. The third-order valence-electron chi connectivity index (χ3n) is 4.17. The molecule has 28 heavy (non-hydrogen) atoms. The molecule has 0 aliphatic carbocycles. The molecule has 0 bridgehead atoms. The van der Waals surface area contributed by atoms with E-state index < -0.39 is 0 Å². The van der Waals surface area contributed by atoms with Crippen molar-refractivity contribution in [2.24, 2.45) is 0 Å². The minimum atomic E-state index is 0.635. The van der Waals surface area contributed by atoms with Crippen LogP contribution in [0.5, 0.6) is 5.75 Å². The SMILES string of the molecule is COc1cccc(CSc2nc(-c3cccs3)cc(-c3cccs3)c2C#N)c1. The molecule has 0 fully saturated rings. The molecule has 0 amide bonds. The van der Waals surface area contributed by atoms with Gasteiger partial charge < -0.3 is 4.74 Å². The summed E-state index contributed by atoms with van der Waals surface area (Å²) in [5.74, 6) is 1.55. The number of nitrogens with zero attached hydrogens (tertiary/aromatic N) is 2. The summed E-state index contributed by atoms with van der Waals surface area (Å²) < 4.78 is 5.31. The van der Waals surface area contributed by atoms with Crippen LogP contribution in [0.1, 0.15) is 11.1 Å². The van der Waals surface area contributed by atoms with E-state index in [0.29, 0.717) is 5.56 Å². The maximum atomic E-state index is 9.88. The van der Waals surface area contributed by atoms with Crippen molar-refractivity contribution in [1.82, 2.24) is 4.98 Å². The van der Waals surface area contributed by atoms with Gasteiger partial charge in [-0.3, -0.25) is 0 Å². The molecule has 0 radical (unpaired) electrons. The van der Waals surface area contributed by atoms with E-state index in [1.54, 1.807) is 41.5 Å². The van der Waals surface area contributed by atoms with E-state index in [0.717, 1.165) is 43.1 Å². The molecule has 0 N–H and O–H groups in total. The van der Waals surface area contributed by atoms with Gasteiger partial charge in [-0.2, -0.15) is 5.26 Å². The molecule has 0 aliphatic rings. The van der Waals surface area contributed by atoms with E-state index in [2.05, 4.69) is 24.3 Å². The summed E-state index contributed by atoms with van der Waals surface area (Å²) >= 11 is 4.88. The summed E-state index contributed by atoms with van der Waals surface area (Å²) in [6.45, 7) is 0. The molecule has 0 unspecified atom stereocenters. The number of thiophene rings is 2. The minimum Gasteiger partial charge on any atom is -0.497 e. The van der Waals surface area contributed by atoms with Crippen molar-refractivity contribution in [3.63, 3.8) is 0 Å². The Balaban J connectivity index is 1.75. The normalized spacial score (nSPS) is 10.6. The summed E-state index contributed by atoms with van der Waals surface area (Å²) in [6, 6.07) is 20.6. The van der Waals surface area contributed by atoms with Gasteiger partial charge in [0.05, 0.1) is 23.2 Å². The topological polar surface area (TPSA) is 45.9 Å². The third kappa shape index (κ3) is 3.97. The van der Waals surface area contributed by atoms with Crippen molar-refractivity contribution in [3.05, 3.63) is 76.5 Å². The zero-order valence-electron chi connectivity index (χ0n) is 15.1. The maximum absolute atomic E-state index is 9.88. The Hall–Kier alpha value is -2.59. The van der Waals surface area contributed by atoms with Crippen molar-refractivity contribution in [2.45, 2.75) is 10.8 Å². The molecule has 0 saturated heterocycles. The van der Waals surface area contributed by atoms with Gasteiger partial charge in [0.1, 0.15) is 16.8 Å². The number of rotatable bonds is 6. The molecule has 0 atom stereocenters. The second kappa shape index (κ2) is 8.61. The van der Waals surface area contributed by atoms with Crippen LogP contribution in [-0.4, -0.2) is 12.1 Å². The molecule has 0 spiro atoms. The molecule has 138 valence electrons. The van der Waals surface area contributed by atoms with Gasteiger partial charge in [0.2, 0.25) is 0 Å². The number of hydrogen-bond acceptors (Lipinski definition) is 6. The molecule has 1 aromatic carbocycles. The van der Waals surface area contributed by atoms with Crippen molar-refractivity contribution in [1.29, 1.82) is 5.26 Å². The van der Waals surface area contributed by atoms with E-state index in [1.807, 2.05) is 47.2 Å². The largest absolute Gasteiger partial charge is 0.497 e. The number of thioether (sulfide) groups is 1. The standard InChI is InChI=1S/C22H16N2OS3/c1-25-16-6-2-5-15(11-16)14-28-22-18(13-23)17(20-7-3-9-26-20)12-19(24-22)21-8-4-10-27-21/h2-12H,14H2,1H3. The summed E-state index contributed by atoms with van der Waals surface area (Å²) in [7, 11) is 1.67. The van der Waals surface area contributed by atoms with E-state index in [9.17, 15) is 5.26 Å². The number of nitriles is 1. The van der Waals surface area contributed by atoms with E-state index in [1.165, 1.54) is 0 Å². The highest BCUT2D eigenvalue weighted by Gasteiger charge is 2.17. The Morgan fingerprint density at radius 2 is 1.82 bits per heavy atom. The molecular formula is C22H16N2OS3. The van der Waals surface area contributed by atoms with Gasteiger partial charge in [0, 0.05) is 16.2 Å². The van der Waals surface area contributed by atoms with Crippen LogP contribution in [0.25, 0.3) is 21.0 Å². The van der Waals surface area contributed by atoms with Gasteiger partial charge in [-0.05, 0) is 46.7 Å². The number of ether oxygens (including phenoxy) is 1. The minimum absolute atomic E-state index is 0.635. The summed E-state index contributed by atoms with van der Waals surface area (Å²) in [5.41, 5.74) is 3.62. The average molecular weight is 421 g/mol. The number of aromatic nitrogens is 1. The Bertz CT molecular complexity index is 1110. The van der Waals surface area contributed by atoms with Gasteiger partial charge >= 0.3 is 0 Å². The number of methoxy groups -OCH3 is 1. The smallest absolute Gasteiger partial charge is 0.119 e. The Labute approximate surface area is 176 Å². The van der Waals surface area contributed by atoms with E-state index >= 15 is 0 Å². The highest BCUT2D eigenvalue weighted by molar-refractivity contribution is 7.98. The highest BCUT2D eigenvalue weighted by atomic mass is 32.2. The number of benzene rings is 1. The van der Waals surface area contributed by atoms with Crippen LogP contribution in [0.2, 0.25) is 0 Å². The molecule has 6 heteroatoms. The Morgan fingerprint density at radius 3 is 2.50 bits per heavy atom. The molecule has 3 heterocycles. The van der Waals surface area contributed by atoms with Crippen LogP contribution < -0.4 is 4.74 Å². The third-order valence-corrected chi connectivity index (χ3v) is 7.01. The predicted molar refractivity (Wildman–Crippen MR) is 118 cm³/mol. The molecule has 4 rings (SSSR count). The monoisotopic (exact) mass is 420 g/mol. The second-order valence-corrected chi connectivity index (χ2v) is 8.80. The molecule has 4 aromatic rings. The lowest BCUT2D eigenvalue weighted by molar-refractivity contribution is 0.414. The molecule has 0 saturated carbocycles. The lowest BCUT2D eigenvalue weighted by atomic mass is 10.1. The first kappa shape index (κ1) is 18.8. The maximum Gasteiger partial charge on any atom is 0.119 e. The zero-order chi connectivity index (χ0) is 19.3. The first-order valence-corrected chi connectivity index (χ1v) is 11.3. The van der Waals surface area contributed by atoms with Crippen molar-refractivity contribution < 1.29 is 4.74 Å². The predicted octanol–water partition coefficient (Wildman–Crippen LogP) is 6.71. The van der Waals surface area contributed by atoms with Crippen molar-refractivity contribution in [3.8, 4) is 32.8 Å². The lowest BCUT2D eigenvalue weighted by Crippen LogP contribution is -1.95. The Morgan fingerprint density at radius 1 is 1.04 bits per heavy atom. The van der Waals surface area contributed by atoms with Gasteiger partial charge in [0.15, 0.2) is 0 Å².